The third-order valence-corrected chi connectivity index (χ3v) is 16.0. The van der Waals surface area contributed by atoms with E-state index < -0.39 is 84.1 Å². The minimum absolute atomic E-state index is 0.0471. The molecule has 0 bridgehead atoms. The van der Waals surface area contributed by atoms with Crippen LogP contribution in [0.25, 0.3) is 5.76 Å². The first-order chi connectivity index (χ1) is 26.5. The summed E-state index contributed by atoms with van der Waals surface area (Å²) in [5.41, 5.74) is -2.93. The second-order valence-electron chi connectivity index (χ2n) is 18.0. The monoisotopic (exact) mass is 812 g/mol. The van der Waals surface area contributed by atoms with Crippen molar-refractivity contribution >= 4 is 38.0 Å². The van der Waals surface area contributed by atoms with E-state index in [9.17, 15) is 14.7 Å². The van der Waals surface area contributed by atoms with E-state index in [1.807, 2.05) is 54.6 Å². The summed E-state index contributed by atoms with van der Waals surface area (Å²) in [7, 11) is 0.399. The average molecular weight is 813 g/mol. The summed E-state index contributed by atoms with van der Waals surface area (Å²) in [5.74, 6) is -5.00. The van der Waals surface area contributed by atoms with E-state index in [0.717, 1.165) is 12.8 Å². The van der Waals surface area contributed by atoms with Gasteiger partial charge in [-0.25, -0.2) is 9.59 Å². The van der Waals surface area contributed by atoms with Crippen molar-refractivity contribution in [2.24, 2.45) is 11.8 Å². The molecule has 1 heterocycles. The van der Waals surface area contributed by atoms with Gasteiger partial charge in [0, 0.05) is 11.5 Å². The van der Waals surface area contributed by atoms with Crippen LogP contribution in [0.1, 0.15) is 127 Å². The van der Waals surface area contributed by atoms with Crippen molar-refractivity contribution in [2.45, 2.75) is 135 Å². The van der Waals surface area contributed by atoms with Gasteiger partial charge in [-0.15, -0.1) is 0 Å². The SMILES string of the molecule is CCCCOC(=O)O[C@H]1[C@H]2C(=C(O)c3c(OC(=O)OC(C)(C)C)cccc3[C@@H]2C)C(=O)[C@]2(O[Si](C)(C)C(C)(C)C)C(=O)c3c(OCCCC)noc3[C@@H](N(C)C)[C@H]12. The lowest BCUT2D eigenvalue weighted by Crippen LogP contribution is -2.72. The highest BCUT2D eigenvalue weighted by Crippen LogP contribution is 2.61. The first-order valence-corrected chi connectivity index (χ1v) is 22.8. The fourth-order valence-electron chi connectivity index (χ4n) is 7.86. The lowest BCUT2D eigenvalue weighted by molar-refractivity contribution is -0.158. The molecule has 1 fully saturated rings. The van der Waals surface area contributed by atoms with Crippen LogP contribution in [0.3, 0.4) is 0 Å². The Morgan fingerprint density at radius 1 is 0.965 bits per heavy atom. The van der Waals surface area contributed by atoms with E-state index in [-0.39, 0.29) is 47.3 Å². The third-order valence-electron chi connectivity index (χ3n) is 11.6. The molecule has 1 aromatic carbocycles. The summed E-state index contributed by atoms with van der Waals surface area (Å²) in [5, 5.41) is 16.2. The van der Waals surface area contributed by atoms with Crippen molar-refractivity contribution in [2.75, 3.05) is 27.3 Å². The van der Waals surface area contributed by atoms with Gasteiger partial charge in [0.05, 0.1) is 30.7 Å². The predicted molar refractivity (Wildman–Crippen MR) is 213 cm³/mol. The van der Waals surface area contributed by atoms with Crippen molar-refractivity contribution < 1.29 is 56.9 Å². The van der Waals surface area contributed by atoms with E-state index >= 15 is 9.59 Å². The number of ketones is 2. The topological polar surface area (TPSA) is 173 Å². The molecular weight excluding hydrogens is 753 g/mol. The molecule has 0 spiro atoms. The van der Waals surface area contributed by atoms with Crippen LogP contribution in [0, 0.1) is 11.8 Å². The lowest BCUT2D eigenvalue weighted by Gasteiger charge is -2.57. The standard InChI is InChI=1S/C42H60N2O12Si/c1-14-16-21-50-37-29-34(55-43-37)31(44(10)11)30-33(53-38(48)51-22-17-15-2)26-23(3)24-19-18-20-25(52-39(49)54-40(4,5)6)27(24)32(45)28(26)35(46)42(30,36(29)47)56-57(12,13)41(7,8)9/h18-20,23,26,30-31,33,45H,14-17,21-22H2,1-13H3/t23-,26+,30+,31-,33-,42-/m0/s1. The molecule has 6 atom stereocenters. The molecule has 0 saturated heterocycles. The Hall–Kier alpha value is -4.21. The molecule has 1 N–H and O–H groups in total. The summed E-state index contributed by atoms with van der Waals surface area (Å²) in [6.45, 7) is 21.0. The Kier molecular flexibility index (Phi) is 12.5. The number of benzene rings is 1. The zero-order valence-corrected chi connectivity index (χ0v) is 36.7. The number of rotatable bonds is 12. The van der Waals surface area contributed by atoms with Crippen LogP contribution >= 0.6 is 0 Å². The van der Waals surface area contributed by atoms with Gasteiger partial charge in [0.15, 0.2) is 19.7 Å². The Bertz CT molecular complexity index is 1900. The molecule has 15 heteroatoms. The molecule has 3 aliphatic rings. The van der Waals surface area contributed by atoms with Gasteiger partial charge in [-0.1, -0.05) is 66.5 Å². The van der Waals surface area contributed by atoms with Gasteiger partial charge in [-0.3, -0.25) is 14.5 Å². The van der Waals surface area contributed by atoms with Gasteiger partial charge in [0.25, 0.3) is 5.88 Å². The Morgan fingerprint density at radius 2 is 1.61 bits per heavy atom. The largest absolute Gasteiger partial charge is 0.514 e. The van der Waals surface area contributed by atoms with Gasteiger partial charge in [0.2, 0.25) is 11.6 Å². The van der Waals surface area contributed by atoms with Gasteiger partial charge in [-0.2, -0.15) is 0 Å². The zero-order chi connectivity index (χ0) is 42.4. The van der Waals surface area contributed by atoms with Crippen LogP contribution in [0.15, 0.2) is 28.3 Å². The fraction of sp³-hybridized carbons (Fsp3) is 0.643. The van der Waals surface area contributed by atoms with E-state index in [1.165, 1.54) is 6.07 Å². The number of hydrogen-bond donors (Lipinski definition) is 1. The summed E-state index contributed by atoms with van der Waals surface area (Å²) < 4.78 is 42.3. The molecule has 57 heavy (non-hydrogen) atoms. The van der Waals surface area contributed by atoms with E-state index in [0.29, 0.717) is 18.4 Å². The number of ether oxygens (including phenoxy) is 5. The average Bonchev–Trinajstić information content (AvgIpc) is 3.51. The molecule has 2 aromatic rings. The number of fused-ring (bicyclic) bond motifs is 4. The summed E-state index contributed by atoms with van der Waals surface area (Å²) in [6, 6.07) is 3.97. The van der Waals surface area contributed by atoms with Crippen LogP contribution in [0.5, 0.6) is 11.6 Å². The summed E-state index contributed by atoms with van der Waals surface area (Å²) in [6.07, 6.45) is -0.495. The van der Waals surface area contributed by atoms with Crippen LogP contribution < -0.4 is 9.47 Å². The minimum atomic E-state index is -3.14. The molecule has 314 valence electrons. The molecule has 3 aliphatic carbocycles. The number of aliphatic hydroxyl groups is 1. The fourth-order valence-corrected chi connectivity index (χ4v) is 9.29. The molecule has 1 saturated carbocycles. The highest BCUT2D eigenvalue weighted by Gasteiger charge is 2.73. The molecule has 0 radical (unpaired) electrons. The number of carbonyl (C=O) groups is 4. The molecule has 14 nitrogen and oxygen atoms in total. The number of hydrogen-bond acceptors (Lipinski definition) is 14. The quantitative estimate of drug-likeness (QED) is 0.0707. The van der Waals surface area contributed by atoms with Crippen molar-refractivity contribution in [3.63, 3.8) is 0 Å². The molecule has 0 unspecified atom stereocenters. The van der Waals surface area contributed by atoms with Gasteiger partial charge >= 0.3 is 12.3 Å². The van der Waals surface area contributed by atoms with E-state index in [2.05, 4.69) is 5.16 Å². The smallest absolute Gasteiger partial charge is 0.507 e. The zero-order valence-electron chi connectivity index (χ0n) is 35.7. The molecule has 0 aliphatic heterocycles. The highest BCUT2D eigenvalue weighted by atomic mass is 28.4. The highest BCUT2D eigenvalue weighted by molar-refractivity contribution is 6.74. The van der Waals surface area contributed by atoms with Crippen LogP contribution in [-0.2, 0) is 23.4 Å². The predicted octanol–water partition coefficient (Wildman–Crippen LogP) is 8.95. The Morgan fingerprint density at radius 3 is 2.21 bits per heavy atom. The van der Waals surface area contributed by atoms with Crippen LogP contribution in [0.2, 0.25) is 18.1 Å². The third kappa shape index (κ3) is 7.99. The Labute approximate surface area is 336 Å². The number of unbranched alkanes of at least 4 members (excludes halogenated alkanes) is 2. The van der Waals surface area contributed by atoms with Crippen LogP contribution in [-0.4, -0.2) is 92.0 Å². The maximum absolute atomic E-state index is 16.0. The van der Waals surface area contributed by atoms with Gasteiger partial charge in [0.1, 0.15) is 28.8 Å². The number of Topliss-reactive ketones (excluding diaryl/α,β-unsaturated/α-hetero) is 2. The van der Waals surface area contributed by atoms with E-state index in [1.54, 1.807) is 51.9 Å². The maximum atomic E-state index is 16.0. The number of aromatic nitrogens is 1. The van der Waals surface area contributed by atoms with Gasteiger partial charge in [-0.05, 0) is 88.5 Å². The normalized spacial score (nSPS) is 24.6. The molecule has 1 aromatic heterocycles. The maximum Gasteiger partial charge on any atom is 0.514 e. The number of carbonyl (C=O) groups excluding carboxylic acids is 4. The van der Waals surface area contributed by atoms with Crippen molar-refractivity contribution in [1.29, 1.82) is 0 Å². The first-order valence-electron chi connectivity index (χ1n) is 19.9. The van der Waals surface area contributed by atoms with Crippen molar-refractivity contribution in [3.8, 4) is 11.6 Å². The molecular formula is C42H60N2O12Si. The second-order valence-corrected chi connectivity index (χ2v) is 22.7. The first kappa shape index (κ1) is 43.9. The minimum Gasteiger partial charge on any atom is -0.507 e. The van der Waals surface area contributed by atoms with E-state index in [4.69, 9.17) is 32.6 Å². The summed E-state index contributed by atoms with van der Waals surface area (Å²) >= 11 is 0. The number of aliphatic hydroxyl groups excluding tert-OH is 1. The summed E-state index contributed by atoms with van der Waals surface area (Å²) in [4.78, 5) is 60.2. The molecule has 5 rings (SSSR count). The van der Waals surface area contributed by atoms with Gasteiger partial charge < -0.3 is 37.7 Å². The van der Waals surface area contributed by atoms with Crippen molar-refractivity contribution in [1.82, 2.24) is 10.1 Å². The Balaban J connectivity index is 1.86. The second kappa shape index (κ2) is 16.2. The number of nitrogens with zero attached hydrogens (tertiary/aromatic N) is 2. The van der Waals surface area contributed by atoms with Crippen molar-refractivity contribution in [3.05, 3.63) is 46.2 Å². The lowest BCUT2D eigenvalue weighted by atomic mass is 9.53. The van der Waals surface area contributed by atoms with Crippen LogP contribution in [0.4, 0.5) is 9.59 Å². The molecule has 0 amide bonds.